The van der Waals surface area contributed by atoms with Crippen molar-refractivity contribution in [3.63, 3.8) is 0 Å². The Morgan fingerprint density at radius 3 is 2.75 bits per heavy atom. The predicted molar refractivity (Wildman–Crippen MR) is 93.2 cm³/mol. The molecule has 0 radical (unpaired) electrons. The van der Waals surface area contributed by atoms with Gasteiger partial charge in [-0.1, -0.05) is 41.6 Å². The molecule has 24 heavy (non-hydrogen) atoms. The Bertz CT molecular complexity index is 1080. The molecule has 2 aromatic heterocycles. The summed E-state index contributed by atoms with van der Waals surface area (Å²) in [6.45, 7) is 3.63. The second kappa shape index (κ2) is 5.45. The fraction of sp³-hybridized carbons (Fsp3) is 0.105. The van der Waals surface area contributed by atoms with E-state index < -0.39 is 0 Å². The molecule has 0 unspecified atom stereocenters. The highest BCUT2D eigenvalue weighted by atomic mass is 16.5. The minimum atomic E-state index is -0.201. The standard InChI is InChI=1S/C19H15N3O2/c1-11-10-15(17-12(2)22-24-19(17)20-11)18(23)21-16-9-5-7-13-6-3-4-8-14(13)16/h3-10H,1-2H3,(H,21,23). The number of nitrogens with one attached hydrogen (secondary N) is 1. The highest BCUT2D eigenvalue weighted by Crippen LogP contribution is 2.26. The van der Waals surface area contributed by atoms with Crippen LogP contribution in [0, 0.1) is 13.8 Å². The minimum Gasteiger partial charge on any atom is -0.336 e. The molecule has 0 saturated carbocycles. The van der Waals surface area contributed by atoms with Gasteiger partial charge in [0.1, 0.15) is 0 Å². The van der Waals surface area contributed by atoms with Crippen molar-refractivity contribution in [1.82, 2.24) is 10.1 Å². The van der Waals surface area contributed by atoms with Crippen molar-refractivity contribution in [2.24, 2.45) is 0 Å². The zero-order chi connectivity index (χ0) is 16.7. The number of anilines is 1. The molecule has 0 aliphatic carbocycles. The van der Waals surface area contributed by atoms with Crippen LogP contribution in [-0.2, 0) is 0 Å². The molecule has 0 aliphatic rings. The lowest BCUT2D eigenvalue weighted by Gasteiger charge is -2.09. The number of rotatable bonds is 2. The molecule has 2 heterocycles. The predicted octanol–water partition coefficient (Wildman–Crippen LogP) is 4.25. The number of carbonyl (C=O) groups excluding carboxylic acids is 1. The summed E-state index contributed by atoms with van der Waals surface area (Å²) < 4.78 is 5.20. The van der Waals surface area contributed by atoms with Gasteiger partial charge in [-0.25, -0.2) is 4.98 Å². The van der Waals surface area contributed by atoms with Crippen molar-refractivity contribution in [3.05, 3.63) is 65.5 Å². The number of pyridine rings is 1. The van der Waals surface area contributed by atoms with Crippen LogP contribution in [0.4, 0.5) is 5.69 Å². The normalized spacial score (nSPS) is 11.1. The van der Waals surface area contributed by atoms with Crippen LogP contribution in [0.25, 0.3) is 21.9 Å². The van der Waals surface area contributed by atoms with E-state index in [1.54, 1.807) is 13.0 Å². The molecule has 5 heteroatoms. The van der Waals surface area contributed by atoms with Crippen molar-refractivity contribution in [1.29, 1.82) is 0 Å². The van der Waals surface area contributed by atoms with E-state index in [1.807, 2.05) is 49.4 Å². The molecule has 0 fully saturated rings. The molecule has 5 nitrogen and oxygen atoms in total. The monoisotopic (exact) mass is 317 g/mol. The van der Waals surface area contributed by atoms with Crippen molar-refractivity contribution in [2.75, 3.05) is 5.32 Å². The summed E-state index contributed by atoms with van der Waals surface area (Å²) in [6.07, 6.45) is 0. The molecule has 1 N–H and O–H groups in total. The summed E-state index contributed by atoms with van der Waals surface area (Å²) in [4.78, 5) is 17.2. The van der Waals surface area contributed by atoms with Crippen LogP contribution in [0.1, 0.15) is 21.7 Å². The Morgan fingerprint density at radius 2 is 1.88 bits per heavy atom. The Labute approximate surface area is 138 Å². The van der Waals surface area contributed by atoms with E-state index in [0.717, 1.165) is 16.5 Å². The van der Waals surface area contributed by atoms with Gasteiger partial charge in [-0.2, -0.15) is 0 Å². The quantitative estimate of drug-likeness (QED) is 0.600. The van der Waals surface area contributed by atoms with E-state index in [4.69, 9.17) is 4.52 Å². The average molecular weight is 317 g/mol. The van der Waals surface area contributed by atoms with Crippen LogP contribution < -0.4 is 5.32 Å². The number of aryl methyl sites for hydroxylation is 2. The maximum Gasteiger partial charge on any atom is 0.258 e. The number of hydrogen-bond donors (Lipinski definition) is 1. The third-order valence-electron chi connectivity index (χ3n) is 4.03. The fourth-order valence-corrected chi connectivity index (χ4v) is 2.92. The molecule has 0 saturated heterocycles. The van der Waals surface area contributed by atoms with Gasteiger partial charge < -0.3 is 9.84 Å². The van der Waals surface area contributed by atoms with Crippen LogP contribution in [0.5, 0.6) is 0 Å². The number of aromatic nitrogens is 2. The number of amides is 1. The minimum absolute atomic E-state index is 0.201. The molecule has 0 bridgehead atoms. The van der Waals surface area contributed by atoms with Crippen molar-refractivity contribution in [2.45, 2.75) is 13.8 Å². The van der Waals surface area contributed by atoms with Gasteiger partial charge in [0.25, 0.3) is 11.6 Å². The Balaban J connectivity index is 1.81. The van der Waals surface area contributed by atoms with Gasteiger partial charge in [0.05, 0.1) is 16.6 Å². The number of carbonyl (C=O) groups is 1. The number of benzene rings is 2. The van der Waals surface area contributed by atoms with Crippen LogP contribution in [0.2, 0.25) is 0 Å². The highest BCUT2D eigenvalue weighted by molar-refractivity contribution is 6.14. The van der Waals surface area contributed by atoms with Crippen molar-refractivity contribution in [3.8, 4) is 0 Å². The van der Waals surface area contributed by atoms with E-state index in [-0.39, 0.29) is 5.91 Å². The summed E-state index contributed by atoms with van der Waals surface area (Å²) >= 11 is 0. The maximum atomic E-state index is 12.9. The van der Waals surface area contributed by atoms with Crippen molar-refractivity contribution < 1.29 is 9.32 Å². The second-order valence-electron chi connectivity index (χ2n) is 5.74. The average Bonchev–Trinajstić information content (AvgIpc) is 2.95. The molecule has 1 amide bonds. The summed E-state index contributed by atoms with van der Waals surface area (Å²) in [5, 5.41) is 9.65. The van der Waals surface area contributed by atoms with E-state index in [2.05, 4.69) is 15.5 Å². The third kappa shape index (κ3) is 2.31. The largest absolute Gasteiger partial charge is 0.336 e. The first-order chi connectivity index (χ1) is 11.6. The van der Waals surface area contributed by atoms with Crippen molar-refractivity contribution >= 4 is 33.5 Å². The first-order valence-corrected chi connectivity index (χ1v) is 7.66. The first kappa shape index (κ1) is 14.4. The van der Waals surface area contributed by atoms with Gasteiger partial charge in [0.2, 0.25) is 0 Å². The Hall–Kier alpha value is -3.21. The Morgan fingerprint density at radius 1 is 1.08 bits per heavy atom. The lowest BCUT2D eigenvalue weighted by molar-refractivity contribution is 0.102. The smallest absolute Gasteiger partial charge is 0.258 e. The number of hydrogen-bond acceptors (Lipinski definition) is 4. The SMILES string of the molecule is Cc1cc(C(=O)Nc2cccc3ccccc23)c2c(C)noc2n1. The molecule has 0 atom stereocenters. The summed E-state index contributed by atoms with van der Waals surface area (Å²) in [5.41, 5.74) is 3.04. The summed E-state index contributed by atoms with van der Waals surface area (Å²) in [7, 11) is 0. The Kier molecular flexibility index (Phi) is 3.27. The van der Waals surface area contributed by atoms with Crippen LogP contribution in [0.3, 0.4) is 0 Å². The molecular weight excluding hydrogens is 302 g/mol. The summed E-state index contributed by atoms with van der Waals surface area (Å²) in [5.74, 6) is -0.201. The fourth-order valence-electron chi connectivity index (χ4n) is 2.92. The highest BCUT2D eigenvalue weighted by Gasteiger charge is 2.18. The molecular formula is C19H15N3O2. The zero-order valence-electron chi connectivity index (χ0n) is 13.3. The topological polar surface area (TPSA) is 68.0 Å². The number of fused-ring (bicyclic) bond motifs is 2. The maximum absolute atomic E-state index is 12.9. The molecule has 4 rings (SSSR count). The lowest BCUT2D eigenvalue weighted by atomic mass is 10.1. The van der Waals surface area contributed by atoms with E-state index in [9.17, 15) is 4.79 Å². The van der Waals surface area contributed by atoms with Gasteiger partial charge in [-0.05, 0) is 31.4 Å². The molecule has 0 spiro atoms. The molecule has 118 valence electrons. The van der Waals surface area contributed by atoms with E-state index >= 15 is 0 Å². The van der Waals surface area contributed by atoms with Gasteiger partial charge in [0.15, 0.2) is 0 Å². The number of nitrogens with zero attached hydrogens (tertiary/aromatic N) is 2. The van der Waals surface area contributed by atoms with Crippen LogP contribution >= 0.6 is 0 Å². The second-order valence-corrected chi connectivity index (χ2v) is 5.74. The van der Waals surface area contributed by atoms with Crippen LogP contribution in [-0.4, -0.2) is 16.0 Å². The van der Waals surface area contributed by atoms with E-state index in [0.29, 0.717) is 28.1 Å². The molecule has 0 aliphatic heterocycles. The van der Waals surface area contributed by atoms with E-state index in [1.165, 1.54) is 0 Å². The van der Waals surface area contributed by atoms with Gasteiger partial charge in [0, 0.05) is 16.8 Å². The lowest BCUT2D eigenvalue weighted by Crippen LogP contribution is -2.13. The zero-order valence-corrected chi connectivity index (χ0v) is 13.3. The van der Waals surface area contributed by atoms with Crippen LogP contribution in [0.15, 0.2) is 53.1 Å². The van der Waals surface area contributed by atoms with Gasteiger partial charge >= 0.3 is 0 Å². The molecule has 2 aromatic carbocycles. The van der Waals surface area contributed by atoms with Gasteiger partial charge in [-0.15, -0.1) is 0 Å². The van der Waals surface area contributed by atoms with Gasteiger partial charge in [-0.3, -0.25) is 4.79 Å². The third-order valence-corrected chi connectivity index (χ3v) is 4.03. The summed E-state index contributed by atoms with van der Waals surface area (Å²) in [6, 6.07) is 15.5. The first-order valence-electron chi connectivity index (χ1n) is 7.66. The molecule has 4 aromatic rings.